The molecule has 0 atom stereocenters. The minimum Gasteiger partial charge on any atom is -0.493 e. The van der Waals surface area contributed by atoms with Crippen LogP contribution in [0.1, 0.15) is 23.6 Å². The molecule has 176 valence electrons. The first-order chi connectivity index (χ1) is 16.4. The number of methoxy groups -OCH3 is 2. The molecule has 0 aliphatic rings. The third-order valence-electron chi connectivity index (χ3n) is 5.58. The molecule has 1 amide bonds. The zero-order chi connectivity index (χ0) is 24.2. The molecule has 4 aromatic rings. The van der Waals surface area contributed by atoms with Crippen LogP contribution in [0.2, 0.25) is 0 Å². The predicted molar refractivity (Wildman–Crippen MR) is 128 cm³/mol. The number of hydrogen-bond donors (Lipinski definition) is 3. The highest BCUT2D eigenvalue weighted by molar-refractivity contribution is 5.98. The van der Waals surface area contributed by atoms with Crippen LogP contribution in [0.3, 0.4) is 0 Å². The molecule has 11 heteroatoms. The van der Waals surface area contributed by atoms with Crippen LogP contribution in [-0.2, 0) is 24.2 Å². The molecule has 0 aliphatic carbocycles. The lowest BCUT2D eigenvalue weighted by Gasteiger charge is -2.19. The average Bonchev–Trinajstić information content (AvgIpc) is 3.23. The molecular weight excluding hydrogens is 436 g/mol. The molecule has 0 spiro atoms. The van der Waals surface area contributed by atoms with E-state index in [1.807, 2.05) is 24.3 Å². The minimum absolute atomic E-state index is 0.0297. The van der Waals surface area contributed by atoms with Gasteiger partial charge in [0.05, 0.1) is 38.4 Å². The molecule has 0 radical (unpaired) electrons. The van der Waals surface area contributed by atoms with E-state index in [-0.39, 0.29) is 12.4 Å². The van der Waals surface area contributed by atoms with Crippen LogP contribution in [-0.4, -0.2) is 45.3 Å². The van der Waals surface area contributed by atoms with Gasteiger partial charge in [0.2, 0.25) is 11.9 Å². The van der Waals surface area contributed by atoms with Crippen molar-refractivity contribution in [3.05, 3.63) is 53.2 Å². The van der Waals surface area contributed by atoms with Crippen LogP contribution in [0.15, 0.2) is 36.5 Å². The number of ether oxygens (including phenoxy) is 2. The van der Waals surface area contributed by atoms with Gasteiger partial charge in [-0.15, -0.1) is 0 Å². The number of nitrogens with two attached hydrogens (primary N) is 2. The SMILES string of the molecule is CCc1c(Cn2nnnc2N)cccc1Nc1c(CC(N)=O)cnc2cc(OC)c(OC)cc12. The van der Waals surface area contributed by atoms with Crippen molar-refractivity contribution in [1.82, 2.24) is 25.2 Å². The molecule has 0 saturated heterocycles. The summed E-state index contributed by atoms with van der Waals surface area (Å²) in [4.78, 5) is 16.3. The van der Waals surface area contributed by atoms with E-state index in [0.29, 0.717) is 29.1 Å². The Hall–Kier alpha value is -4.41. The maximum Gasteiger partial charge on any atom is 0.240 e. The van der Waals surface area contributed by atoms with Crippen LogP contribution >= 0.6 is 0 Å². The van der Waals surface area contributed by atoms with E-state index in [2.05, 4.69) is 32.7 Å². The Morgan fingerprint density at radius 2 is 1.91 bits per heavy atom. The van der Waals surface area contributed by atoms with Gasteiger partial charge >= 0.3 is 0 Å². The molecule has 5 N–H and O–H groups in total. The first-order valence-electron chi connectivity index (χ1n) is 10.7. The van der Waals surface area contributed by atoms with E-state index in [9.17, 15) is 4.79 Å². The van der Waals surface area contributed by atoms with Gasteiger partial charge in [0, 0.05) is 28.9 Å². The molecule has 0 saturated carbocycles. The number of nitrogens with zero attached hydrogens (tertiary/aromatic N) is 5. The maximum absolute atomic E-state index is 11.8. The minimum atomic E-state index is -0.455. The maximum atomic E-state index is 11.8. The van der Waals surface area contributed by atoms with Crippen LogP contribution in [0.5, 0.6) is 11.5 Å². The summed E-state index contributed by atoms with van der Waals surface area (Å²) < 4.78 is 12.5. The van der Waals surface area contributed by atoms with Crippen LogP contribution in [0.25, 0.3) is 10.9 Å². The second-order valence-corrected chi connectivity index (χ2v) is 7.64. The normalized spacial score (nSPS) is 10.9. The fraction of sp³-hybridized carbons (Fsp3) is 0.261. The monoisotopic (exact) mass is 462 g/mol. The molecule has 34 heavy (non-hydrogen) atoms. The summed E-state index contributed by atoms with van der Waals surface area (Å²) in [6.07, 6.45) is 2.42. The topological polar surface area (TPSA) is 156 Å². The molecule has 0 unspecified atom stereocenters. The number of aromatic nitrogens is 5. The first-order valence-corrected chi connectivity index (χ1v) is 10.7. The van der Waals surface area contributed by atoms with Gasteiger partial charge in [-0.1, -0.05) is 24.2 Å². The lowest BCUT2D eigenvalue weighted by Crippen LogP contribution is -2.15. The lowest BCUT2D eigenvalue weighted by molar-refractivity contribution is -0.117. The van der Waals surface area contributed by atoms with Crippen LogP contribution in [0.4, 0.5) is 17.3 Å². The van der Waals surface area contributed by atoms with Crippen LogP contribution in [0, 0.1) is 0 Å². The Morgan fingerprint density at radius 3 is 2.56 bits per heavy atom. The van der Waals surface area contributed by atoms with Crippen molar-refractivity contribution in [2.45, 2.75) is 26.3 Å². The number of benzene rings is 2. The summed E-state index contributed by atoms with van der Waals surface area (Å²) in [6, 6.07) is 9.56. The summed E-state index contributed by atoms with van der Waals surface area (Å²) in [5.41, 5.74) is 16.4. The number of anilines is 3. The van der Waals surface area contributed by atoms with Crippen molar-refractivity contribution in [3.63, 3.8) is 0 Å². The van der Waals surface area contributed by atoms with E-state index in [0.717, 1.165) is 34.3 Å². The summed E-state index contributed by atoms with van der Waals surface area (Å²) in [6.45, 7) is 2.49. The number of nitrogen functional groups attached to an aromatic ring is 1. The van der Waals surface area contributed by atoms with Gasteiger partial charge in [0.25, 0.3) is 0 Å². The Morgan fingerprint density at radius 1 is 1.15 bits per heavy atom. The van der Waals surface area contributed by atoms with Crippen molar-refractivity contribution in [2.24, 2.45) is 5.73 Å². The van der Waals surface area contributed by atoms with Crippen molar-refractivity contribution < 1.29 is 14.3 Å². The van der Waals surface area contributed by atoms with Crippen LogP contribution < -0.4 is 26.3 Å². The van der Waals surface area contributed by atoms with Crippen molar-refractivity contribution in [2.75, 3.05) is 25.3 Å². The van der Waals surface area contributed by atoms with Gasteiger partial charge in [-0.2, -0.15) is 0 Å². The second-order valence-electron chi connectivity index (χ2n) is 7.64. The van der Waals surface area contributed by atoms with Crippen molar-refractivity contribution in [1.29, 1.82) is 0 Å². The fourth-order valence-electron chi connectivity index (χ4n) is 3.97. The number of pyridine rings is 1. The van der Waals surface area contributed by atoms with Crippen molar-refractivity contribution >= 4 is 34.1 Å². The third kappa shape index (κ3) is 4.40. The zero-order valence-corrected chi connectivity index (χ0v) is 19.2. The first kappa shape index (κ1) is 22.8. The van der Waals surface area contributed by atoms with Gasteiger partial charge in [-0.3, -0.25) is 9.78 Å². The summed E-state index contributed by atoms with van der Waals surface area (Å²) >= 11 is 0. The number of carbonyl (C=O) groups excluding carboxylic acids is 1. The molecule has 11 nitrogen and oxygen atoms in total. The van der Waals surface area contributed by atoms with E-state index >= 15 is 0 Å². The molecule has 2 heterocycles. The van der Waals surface area contributed by atoms with Gasteiger partial charge in [-0.25, -0.2) is 4.68 Å². The molecule has 2 aromatic carbocycles. The molecule has 0 bridgehead atoms. The van der Waals surface area contributed by atoms with Gasteiger partial charge in [-0.05, 0) is 40.1 Å². The quantitative estimate of drug-likeness (QED) is 0.339. The van der Waals surface area contributed by atoms with E-state index in [1.165, 1.54) is 4.68 Å². The number of rotatable bonds is 9. The summed E-state index contributed by atoms with van der Waals surface area (Å²) in [7, 11) is 3.14. The van der Waals surface area contributed by atoms with E-state index in [1.54, 1.807) is 26.5 Å². The number of nitrogens with one attached hydrogen (secondary N) is 1. The van der Waals surface area contributed by atoms with E-state index in [4.69, 9.17) is 20.9 Å². The Bertz CT molecular complexity index is 1350. The summed E-state index contributed by atoms with van der Waals surface area (Å²) in [5, 5.41) is 15.6. The van der Waals surface area contributed by atoms with E-state index < -0.39 is 5.91 Å². The fourth-order valence-corrected chi connectivity index (χ4v) is 3.97. The molecule has 2 aromatic heterocycles. The van der Waals surface area contributed by atoms with Crippen molar-refractivity contribution in [3.8, 4) is 11.5 Å². The predicted octanol–water partition coefficient (Wildman–Crippen LogP) is 2.20. The Balaban J connectivity index is 1.85. The average molecular weight is 463 g/mol. The number of hydrogen-bond acceptors (Lipinski definition) is 9. The summed E-state index contributed by atoms with van der Waals surface area (Å²) in [5.74, 6) is 0.898. The smallest absolute Gasteiger partial charge is 0.240 e. The second kappa shape index (κ2) is 9.61. The van der Waals surface area contributed by atoms with Gasteiger partial charge < -0.3 is 26.3 Å². The lowest BCUT2D eigenvalue weighted by atomic mass is 10.0. The molecule has 0 fully saturated rings. The Kier molecular flexibility index (Phi) is 6.44. The number of carbonyl (C=O) groups is 1. The highest BCUT2D eigenvalue weighted by Gasteiger charge is 2.17. The standard InChI is InChI=1S/C23H26N8O3/c1-4-15-13(12-31-23(25)28-29-30-31)6-5-7-17(15)27-22-14(8-21(24)32)11-26-18-10-20(34-3)19(33-2)9-16(18)22/h5-7,9-11H,4,8,12H2,1-3H3,(H2,24,32)(H,26,27)(H2,25,28,30). The number of tetrazole rings is 1. The highest BCUT2D eigenvalue weighted by Crippen LogP contribution is 2.38. The molecule has 4 rings (SSSR count). The highest BCUT2D eigenvalue weighted by atomic mass is 16.5. The van der Waals surface area contributed by atoms with Gasteiger partial charge in [0.1, 0.15) is 0 Å². The zero-order valence-electron chi connectivity index (χ0n) is 19.2. The largest absolute Gasteiger partial charge is 0.493 e. The molecule has 0 aliphatic heterocycles. The third-order valence-corrected chi connectivity index (χ3v) is 5.58. The number of primary amides is 1. The van der Waals surface area contributed by atoms with Gasteiger partial charge in [0.15, 0.2) is 11.5 Å². The molecular formula is C23H26N8O3. The number of fused-ring (bicyclic) bond motifs is 1. The number of amides is 1. The Labute approximate surface area is 196 Å².